The molecule has 0 spiro atoms. The second-order valence-electron chi connectivity index (χ2n) is 1.70. The topological polar surface area (TPSA) is 128 Å². The Balaban J connectivity index is -0.0000000386. The van der Waals surface area contributed by atoms with Crippen molar-refractivity contribution >= 4 is 12.8 Å². The van der Waals surface area contributed by atoms with E-state index in [2.05, 4.69) is 25.2 Å². The van der Waals surface area contributed by atoms with Gasteiger partial charge in [0.05, 0.1) is 0 Å². The minimum atomic E-state index is 0. The molecule has 2 amide bonds. The predicted octanol–water partition coefficient (Wildman–Crippen LogP) is 0.0363. The number of carbonyl (C=O) groups is 2. The van der Waals surface area contributed by atoms with Crippen LogP contribution >= 0.6 is 0 Å². The second kappa shape index (κ2) is 45.8. The molecule has 0 aliphatic heterocycles. The minimum Gasteiger partial charge on any atom is -0.857 e. The summed E-state index contributed by atoms with van der Waals surface area (Å²) >= 11 is 0. The molecule has 0 saturated heterocycles. The van der Waals surface area contributed by atoms with Crippen molar-refractivity contribution in [2.24, 2.45) is 0 Å². The van der Waals surface area contributed by atoms with E-state index in [0.717, 1.165) is 20.6 Å². The molecule has 0 saturated carbocycles. The third kappa shape index (κ3) is 70.0. The number of amides is 2. The van der Waals surface area contributed by atoms with Gasteiger partial charge >= 0.3 is 21.7 Å². The fourth-order valence-electron chi connectivity index (χ4n) is 0.515. The monoisotopic (exact) mass is 277 g/mol. The zero-order chi connectivity index (χ0) is 13.8. The molecule has 1 rings (SSSR count). The van der Waals surface area contributed by atoms with Crippen LogP contribution in [-0.4, -0.2) is 27.0 Å². The van der Waals surface area contributed by atoms with Crippen LogP contribution in [0.15, 0.2) is 17.7 Å². The van der Waals surface area contributed by atoms with E-state index in [1.54, 1.807) is 0 Å². The largest absolute Gasteiger partial charge is 2.00 e. The van der Waals surface area contributed by atoms with Gasteiger partial charge in [-0.3, -0.25) is 6.08 Å². The summed E-state index contributed by atoms with van der Waals surface area (Å²) in [6.45, 7) is 2.06. The van der Waals surface area contributed by atoms with Crippen LogP contribution in [0, 0.1) is 6.08 Å². The van der Waals surface area contributed by atoms with Crippen molar-refractivity contribution in [1.82, 2.24) is 0 Å². The van der Waals surface area contributed by atoms with Crippen molar-refractivity contribution in [3.63, 3.8) is 0 Å². The Labute approximate surface area is 117 Å². The quantitative estimate of drug-likeness (QED) is 0.351. The maximum atomic E-state index is 8.47. The average Bonchev–Trinajstić information content (AvgIpc) is 2.77. The van der Waals surface area contributed by atoms with Crippen LogP contribution in [0.1, 0.15) is 13.3 Å². The molecular formula is C10H17N2O4Ti-3. The molecule has 0 fully saturated rings. The maximum Gasteiger partial charge on any atom is 2.00 e. The molecule has 0 bridgehead atoms. The molecule has 0 aromatic rings. The number of hydrogen-bond donors (Lipinski definition) is 0. The smallest absolute Gasteiger partial charge is 0.857 e. The Morgan fingerprint density at radius 1 is 1.18 bits per heavy atom. The normalized spacial score (nSPS) is 8.65. The van der Waals surface area contributed by atoms with Crippen LogP contribution < -0.4 is 10.2 Å². The molecule has 2 N–H and O–H groups in total. The molecular weight excluding hydrogens is 260 g/mol. The van der Waals surface area contributed by atoms with Crippen molar-refractivity contribution in [3.05, 3.63) is 35.3 Å². The van der Waals surface area contributed by atoms with Gasteiger partial charge in [-0.2, -0.15) is 20.3 Å². The Morgan fingerprint density at radius 2 is 1.47 bits per heavy atom. The summed E-state index contributed by atoms with van der Waals surface area (Å²) in [5.41, 5.74) is 12.3. The summed E-state index contributed by atoms with van der Waals surface area (Å²) in [5, 5.41) is 16.5. The summed E-state index contributed by atoms with van der Waals surface area (Å²) in [6.07, 6.45) is 8.33. The SMILES string of the molecule is CC1=[C-]CC=C1.C[O-].C[O-].[NH-]C=O.[NH-]C=O.[Ti+2]. The van der Waals surface area contributed by atoms with Crippen LogP contribution in [0.3, 0.4) is 0 Å². The summed E-state index contributed by atoms with van der Waals surface area (Å²) in [6, 6.07) is 0. The first-order valence-corrected chi connectivity index (χ1v) is 4.00. The van der Waals surface area contributed by atoms with Crippen molar-refractivity contribution in [2.45, 2.75) is 13.3 Å². The predicted molar refractivity (Wildman–Crippen MR) is 58.8 cm³/mol. The van der Waals surface area contributed by atoms with Gasteiger partial charge in [-0.05, 0) is 0 Å². The van der Waals surface area contributed by atoms with Gasteiger partial charge < -0.3 is 31.3 Å². The average molecular weight is 277 g/mol. The van der Waals surface area contributed by atoms with Gasteiger partial charge in [0.1, 0.15) is 0 Å². The number of allylic oxidation sites excluding steroid dienone is 4. The first-order chi connectivity index (χ1) is 7.72. The van der Waals surface area contributed by atoms with E-state index in [9.17, 15) is 0 Å². The number of rotatable bonds is 0. The van der Waals surface area contributed by atoms with E-state index in [1.165, 1.54) is 5.57 Å². The van der Waals surface area contributed by atoms with Crippen molar-refractivity contribution < 1.29 is 41.5 Å². The Kier molecular flexibility index (Phi) is 80.3. The van der Waals surface area contributed by atoms with Crippen LogP contribution in [-0.2, 0) is 31.3 Å². The van der Waals surface area contributed by atoms with Gasteiger partial charge in [-0.15, -0.1) is 6.42 Å². The Hall–Kier alpha value is -0.946. The van der Waals surface area contributed by atoms with Gasteiger partial charge in [0, 0.05) is 12.8 Å². The first kappa shape index (κ1) is 29.8. The number of carbonyl (C=O) groups excluding carboxylic acids is 2. The van der Waals surface area contributed by atoms with Crippen molar-refractivity contribution in [3.8, 4) is 0 Å². The zero-order valence-corrected chi connectivity index (χ0v) is 11.7. The third-order valence-electron chi connectivity index (χ3n) is 0.867. The molecule has 1 aliphatic rings. The Bertz CT molecular complexity index is 176. The van der Waals surface area contributed by atoms with E-state index >= 15 is 0 Å². The number of hydrogen-bond acceptors (Lipinski definition) is 4. The molecule has 98 valence electrons. The first-order valence-electron chi connectivity index (χ1n) is 4.00. The van der Waals surface area contributed by atoms with Crippen LogP contribution in [0.4, 0.5) is 0 Å². The van der Waals surface area contributed by atoms with Crippen LogP contribution in [0.2, 0.25) is 0 Å². The molecule has 0 radical (unpaired) electrons. The third-order valence-corrected chi connectivity index (χ3v) is 0.867. The molecule has 1 aliphatic carbocycles. The van der Waals surface area contributed by atoms with Gasteiger partial charge in [0.2, 0.25) is 0 Å². The summed E-state index contributed by atoms with van der Waals surface area (Å²) in [4.78, 5) is 16.9. The van der Waals surface area contributed by atoms with Gasteiger partial charge in [0.25, 0.3) is 0 Å². The van der Waals surface area contributed by atoms with Gasteiger partial charge in [0.15, 0.2) is 0 Å². The number of nitrogens with one attached hydrogen (secondary N) is 2. The van der Waals surface area contributed by atoms with Gasteiger partial charge in [-0.1, -0.05) is 6.92 Å². The van der Waals surface area contributed by atoms with E-state index in [-0.39, 0.29) is 34.5 Å². The van der Waals surface area contributed by atoms with Gasteiger partial charge in [-0.25, -0.2) is 11.6 Å². The summed E-state index contributed by atoms with van der Waals surface area (Å²) in [7, 11) is 1.50. The van der Waals surface area contributed by atoms with Crippen molar-refractivity contribution in [1.29, 1.82) is 0 Å². The molecule has 0 aromatic carbocycles. The summed E-state index contributed by atoms with van der Waals surface area (Å²) in [5.74, 6) is 0. The van der Waals surface area contributed by atoms with Crippen LogP contribution in [0.25, 0.3) is 11.5 Å². The molecule has 6 nitrogen and oxygen atoms in total. The fourth-order valence-corrected chi connectivity index (χ4v) is 0.515. The minimum absolute atomic E-state index is 0. The van der Waals surface area contributed by atoms with E-state index in [4.69, 9.17) is 31.3 Å². The zero-order valence-electron chi connectivity index (χ0n) is 10.1. The Morgan fingerprint density at radius 3 is 1.53 bits per heavy atom. The van der Waals surface area contributed by atoms with E-state index in [0.29, 0.717) is 0 Å². The molecule has 0 atom stereocenters. The second-order valence-corrected chi connectivity index (χ2v) is 1.70. The molecule has 0 heterocycles. The molecule has 17 heavy (non-hydrogen) atoms. The molecule has 7 heteroatoms. The fraction of sp³-hybridized carbons (Fsp3) is 0.400. The van der Waals surface area contributed by atoms with E-state index in [1.807, 2.05) is 0 Å². The van der Waals surface area contributed by atoms with Crippen molar-refractivity contribution in [2.75, 3.05) is 14.2 Å². The van der Waals surface area contributed by atoms with Crippen LogP contribution in [0.5, 0.6) is 0 Å². The standard InChI is InChI=1S/C6H7.2CH3NO.2CH3O.Ti/c1-6-4-2-3-5-6;2*2-1-3;2*1-2;/h2,4H,3H2,1H3;2*1H,(H2,2,3);2*1H3;/q-1;;;2*-1;+2/p-2. The maximum absolute atomic E-state index is 8.47. The molecule has 0 aromatic heterocycles. The molecule has 0 unspecified atom stereocenters. The van der Waals surface area contributed by atoms with E-state index < -0.39 is 0 Å². The summed E-state index contributed by atoms with van der Waals surface area (Å²) < 4.78 is 0.